The number of nitrogens with one attached hydrogen (secondary N) is 2. The number of likely N-dealkylation sites (tertiary alicyclic amines) is 1. The van der Waals surface area contributed by atoms with E-state index in [1.807, 2.05) is 20.8 Å². The third kappa shape index (κ3) is 5.99. The Labute approximate surface area is 123 Å². The van der Waals surface area contributed by atoms with Gasteiger partial charge in [-0.1, -0.05) is 0 Å². The average Bonchev–Trinajstić information content (AvgIpc) is 2.27. The second-order valence-corrected chi connectivity index (χ2v) is 6.45. The summed E-state index contributed by atoms with van der Waals surface area (Å²) in [7, 11) is 0. The van der Waals surface area contributed by atoms with Gasteiger partial charge in [0.15, 0.2) is 0 Å². The van der Waals surface area contributed by atoms with Crippen LogP contribution in [0.4, 0.5) is 4.79 Å². The Kier molecular flexibility index (Phi) is 5.16. The molecule has 3 amide bonds. The molecule has 0 aliphatic carbocycles. The number of aliphatic carboxylic acids is 1. The van der Waals surface area contributed by atoms with Crippen LogP contribution >= 0.6 is 0 Å². The second-order valence-electron chi connectivity index (χ2n) is 6.45. The predicted molar refractivity (Wildman–Crippen MR) is 74.9 cm³/mol. The van der Waals surface area contributed by atoms with Crippen LogP contribution in [-0.2, 0) is 14.3 Å². The van der Waals surface area contributed by atoms with E-state index in [4.69, 9.17) is 9.84 Å². The molecular formula is C13H23N3O5. The molecule has 8 nitrogen and oxygen atoms in total. The molecule has 0 spiro atoms. The van der Waals surface area contributed by atoms with E-state index in [0.29, 0.717) is 13.1 Å². The van der Waals surface area contributed by atoms with Crippen LogP contribution in [0.15, 0.2) is 0 Å². The smallest absolute Gasteiger partial charge is 0.329 e. The van der Waals surface area contributed by atoms with Gasteiger partial charge in [0.1, 0.15) is 12.2 Å². The summed E-state index contributed by atoms with van der Waals surface area (Å²) in [4.78, 5) is 35.2. The van der Waals surface area contributed by atoms with Crippen LogP contribution in [0.25, 0.3) is 0 Å². The van der Waals surface area contributed by atoms with Gasteiger partial charge in [0.25, 0.3) is 0 Å². The zero-order chi connectivity index (χ0) is 16.3. The van der Waals surface area contributed by atoms with E-state index in [2.05, 4.69) is 10.6 Å². The standard InChI is InChI=1S/C13H23N3O5/c1-12(2,3)15-9(17)5-14-11(20)16-7-13(4,8-16)21-6-10(18)19/h5-8H2,1-4H3,(H,14,20)(H,15,17)(H,18,19). The van der Waals surface area contributed by atoms with Gasteiger partial charge in [-0.3, -0.25) is 4.79 Å². The number of carbonyl (C=O) groups excluding carboxylic acids is 2. The molecule has 0 saturated carbocycles. The summed E-state index contributed by atoms with van der Waals surface area (Å²) >= 11 is 0. The van der Waals surface area contributed by atoms with Crippen molar-refractivity contribution >= 4 is 17.9 Å². The minimum atomic E-state index is -1.04. The van der Waals surface area contributed by atoms with E-state index in [9.17, 15) is 14.4 Å². The van der Waals surface area contributed by atoms with Crippen molar-refractivity contribution in [2.24, 2.45) is 0 Å². The van der Waals surface area contributed by atoms with Crippen LogP contribution in [-0.4, -0.2) is 65.3 Å². The number of rotatable bonds is 5. The molecule has 1 rings (SSSR count). The lowest BCUT2D eigenvalue weighted by molar-refractivity contribution is -0.159. The summed E-state index contributed by atoms with van der Waals surface area (Å²) < 4.78 is 5.20. The normalized spacial score (nSPS) is 16.9. The molecule has 0 aromatic heterocycles. The van der Waals surface area contributed by atoms with Crippen molar-refractivity contribution in [2.75, 3.05) is 26.2 Å². The average molecular weight is 301 g/mol. The van der Waals surface area contributed by atoms with E-state index in [1.54, 1.807) is 6.92 Å². The van der Waals surface area contributed by atoms with Gasteiger partial charge in [-0.05, 0) is 27.7 Å². The molecule has 3 N–H and O–H groups in total. The number of carboxylic acid groups (broad SMARTS) is 1. The first-order valence-corrected chi connectivity index (χ1v) is 6.70. The topological polar surface area (TPSA) is 108 Å². The summed E-state index contributed by atoms with van der Waals surface area (Å²) in [5.74, 6) is -1.31. The Hall–Kier alpha value is -1.83. The highest BCUT2D eigenvalue weighted by Gasteiger charge is 2.42. The van der Waals surface area contributed by atoms with Gasteiger partial charge >= 0.3 is 12.0 Å². The number of nitrogens with zero attached hydrogens (tertiary/aromatic N) is 1. The first-order valence-electron chi connectivity index (χ1n) is 6.70. The van der Waals surface area contributed by atoms with E-state index in [1.165, 1.54) is 4.90 Å². The van der Waals surface area contributed by atoms with Crippen LogP contribution in [0.1, 0.15) is 27.7 Å². The number of amides is 3. The third-order valence-electron chi connectivity index (χ3n) is 2.80. The number of urea groups is 1. The van der Waals surface area contributed by atoms with Gasteiger partial charge in [-0.25, -0.2) is 9.59 Å². The molecule has 0 bridgehead atoms. The lowest BCUT2D eigenvalue weighted by Crippen LogP contribution is -2.65. The van der Waals surface area contributed by atoms with Gasteiger partial charge in [0, 0.05) is 5.54 Å². The highest BCUT2D eigenvalue weighted by Crippen LogP contribution is 2.24. The Morgan fingerprint density at radius 1 is 1.29 bits per heavy atom. The maximum absolute atomic E-state index is 11.8. The fourth-order valence-corrected chi connectivity index (χ4v) is 1.96. The largest absolute Gasteiger partial charge is 0.480 e. The highest BCUT2D eigenvalue weighted by atomic mass is 16.5. The highest BCUT2D eigenvalue weighted by molar-refractivity contribution is 5.84. The monoisotopic (exact) mass is 301 g/mol. The van der Waals surface area contributed by atoms with Crippen LogP contribution < -0.4 is 10.6 Å². The zero-order valence-electron chi connectivity index (χ0n) is 12.9. The summed E-state index contributed by atoms with van der Waals surface area (Å²) in [5, 5.41) is 13.8. The van der Waals surface area contributed by atoms with Crippen LogP contribution in [0.5, 0.6) is 0 Å². The van der Waals surface area contributed by atoms with Gasteiger partial charge in [0.2, 0.25) is 5.91 Å². The van der Waals surface area contributed by atoms with E-state index >= 15 is 0 Å². The fourth-order valence-electron chi connectivity index (χ4n) is 1.96. The number of ether oxygens (including phenoxy) is 1. The zero-order valence-corrected chi connectivity index (χ0v) is 12.9. The molecule has 0 radical (unpaired) electrons. The van der Waals surface area contributed by atoms with Gasteiger partial charge in [-0.15, -0.1) is 0 Å². The molecule has 0 aromatic carbocycles. The van der Waals surface area contributed by atoms with Crippen molar-refractivity contribution in [2.45, 2.75) is 38.8 Å². The Morgan fingerprint density at radius 3 is 2.33 bits per heavy atom. The molecule has 0 aromatic rings. The third-order valence-corrected chi connectivity index (χ3v) is 2.80. The van der Waals surface area contributed by atoms with E-state index in [-0.39, 0.29) is 30.6 Å². The number of hydrogen-bond acceptors (Lipinski definition) is 4. The van der Waals surface area contributed by atoms with E-state index in [0.717, 1.165) is 0 Å². The van der Waals surface area contributed by atoms with Crippen LogP contribution in [0, 0.1) is 0 Å². The Bertz CT molecular complexity index is 424. The molecule has 1 aliphatic rings. The SMILES string of the molecule is CC(C)(C)NC(=O)CNC(=O)N1CC(C)(OCC(=O)O)C1. The van der Waals surface area contributed by atoms with Gasteiger partial charge in [0.05, 0.1) is 19.6 Å². The first kappa shape index (κ1) is 17.2. The van der Waals surface area contributed by atoms with Crippen LogP contribution in [0.3, 0.4) is 0 Å². The molecule has 21 heavy (non-hydrogen) atoms. The summed E-state index contributed by atoms with van der Waals surface area (Å²) in [6, 6.07) is -0.365. The fraction of sp³-hybridized carbons (Fsp3) is 0.769. The van der Waals surface area contributed by atoms with Crippen LogP contribution in [0.2, 0.25) is 0 Å². The van der Waals surface area contributed by atoms with Crippen molar-refractivity contribution in [1.82, 2.24) is 15.5 Å². The lowest BCUT2D eigenvalue weighted by atomic mass is 9.97. The number of carbonyl (C=O) groups is 3. The molecule has 1 saturated heterocycles. The summed E-state index contributed by atoms with van der Waals surface area (Å²) in [5.41, 5.74) is -0.981. The molecule has 120 valence electrons. The van der Waals surface area contributed by atoms with Crippen molar-refractivity contribution in [1.29, 1.82) is 0 Å². The Morgan fingerprint density at radius 2 is 1.86 bits per heavy atom. The van der Waals surface area contributed by atoms with Crippen molar-refractivity contribution in [3.05, 3.63) is 0 Å². The summed E-state index contributed by atoms with van der Waals surface area (Å²) in [6.45, 7) is 7.42. The first-order chi connectivity index (χ1) is 9.51. The number of carboxylic acids is 1. The quantitative estimate of drug-likeness (QED) is 0.651. The van der Waals surface area contributed by atoms with Crippen molar-refractivity contribution in [3.8, 4) is 0 Å². The molecule has 1 aliphatic heterocycles. The predicted octanol–water partition coefficient (Wildman–Crippen LogP) is -0.214. The molecular weight excluding hydrogens is 278 g/mol. The van der Waals surface area contributed by atoms with Crippen molar-refractivity contribution < 1.29 is 24.2 Å². The Balaban J connectivity index is 2.27. The second kappa shape index (κ2) is 6.30. The summed E-state index contributed by atoms with van der Waals surface area (Å²) in [6.07, 6.45) is 0. The maximum atomic E-state index is 11.8. The maximum Gasteiger partial charge on any atom is 0.329 e. The molecule has 1 fully saturated rings. The minimum Gasteiger partial charge on any atom is -0.480 e. The van der Waals surface area contributed by atoms with E-state index < -0.39 is 11.6 Å². The van der Waals surface area contributed by atoms with Gasteiger partial charge < -0.3 is 25.4 Å². The molecule has 8 heteroatoms. The molecule has 0 atom stereocenters. The lowest BCUT2D eigenvalue weighted by Gasteiger charge is -2.46. The number of hydrogen-bond donors (Lipinski definition) is 3. The molecule has 0 unspecified atom stereocenters. The molecule has 1 heterocycles. The van der Waals surface area contributed by atoms with Gasteiger partial charge in [-0.2, -0.15) is 0 Å². The van der Waals surface area contributed by atoms with Crippen molar-refractivity contribution in [3.63, 3.8) is 0 Å². The minimum absolute atomic E-state index is 0.0979.